The molecule has 1 aromatic carbocycles. The van der Waals surface area contributed by atoms with Crippen molar-refractivity contribution in [3.8, 4) is 11.8 Å². The van der Waals surface area contributed by atoms with Crippen LogP contribution in [0.5, 0.6) is 5.75 Å². The summed E-state index contributed by atoms with van der Waals surface area (Å²) in [5.74, 6) is -0.0479. The topological polar surface area (TPSA) is 102 Å². The first-order chi connectivity index (χ1) is 11.5. The molecule has 0 radical (unpaired) electrons. The number of nitrogens with two attached hydrogens (primary N) is 1. The van der Waals surface area contributed by atoms with Gasteiger partial charge < -0.3 is 15.2 Å². The molecular weight excluding hydrogens is 328 g/mol. The van der Waals surface area contributed by atoms with Crippen molar-refractivity contribution in [1.29, 1.82) is 5.26 Å². The van der Waals surface area contributed by atoms with Gasteiger partial charge in [-0.3, -0.25) is 4.79 Å². The highest BCUT2D eigenvalue weighted by molar-refractivity contribution is 7.18. The lowest BCUT2D eigenvalue weighted by molar-refractivity contribution is 0.0529. The third-order valence-corrected chi connectivity index (χ3v) is 4.29. The van der Waals surface area contributed by atoms with Crippen molar-refractivity contribution in [2.45, 2.75) is 20.5 Å². The molecule has 0 unspecified atom stereocenters. The quantitative estimate of drug-likeness (QED) is 0.638. The Morgan fingerprint density at radius 3 is 2.50 bits per heavy atom. The number of Topliss-reactive ketones (excluding diaryl/α,β-unsaturated/α-hetero) is 1. The van der Waals surface area contributed by atoms with Crippen molar-refractivity contribution < 1.29 is 19.1 Å². The van der Waals surface area contributed by atoms with Gasteiger partial charge in [0.25, 0.3) is 0 Å². The third-order valence-electron chi connectivity index (χ3n) is 3.25. The maximum atomic E-state index is 12.0. The van der Waals surface area contributed by atoms with Gasteiger partial charge in [0.2, 0.25) is 0 Å². The highest BCUT2D eigenvalue weighted by atomic mass is 32.1. The normalized spacial score (nSPS) is 10.0. The Bertz CT molecular complexity index is 803. The number of hydrogen-bond donors (Lipinski definition) is 1. The number of esters is 1. The lowest BCUT2D eigenvalue weighted by Crippen LogP contribution is -2.08. The van der Waals surface area contributed by atoms with Crippen LogP contribution in [-0.2, 0) is 11.3 Å². The Hall–Kier alpha value is -2.85. The molecule has 0 saturated carbocycles. The van der Waals surface area contributed by atoms with Crippen molar-refractivity contribution in [2.75, 3.05) is 12.3 Å². The summed E-state index contributed by atoms with van der Waals surface area (Å²) in [6.45, 7) is 3.41. The van der Waals surface area contributed by atoms with Crippen LogP contribution in [-0.4, -0.2) is 18.4 Å². The third kappa shape index (κ3) is 3.73. The number of ketones is 1. The average Bonchev–Trinajstić information content (AvgIpc) is 2.89. The largest absolute Gasteiger partial charge is 0.489 e. The summed E-state index contributed by atoms with van der Waals surface area (Å²) < 4.78 is 10.6. The molecule has 6 nitrogen and oxygen atoms in total. The van der Waals surface area contributed by atoms with Gasteiger partial charge in [0, 0.05) is 11.1 Å². The van der Waals surface area contributed by atoms with E-state index in [4.69, 9.17) is 15.2 Å². The van der Waals surface area contributed by atoms with Gasteiger partial charge >= 0.3 is 5.97 Å². The Morgan fingerprint density at radius 1 is 1.29 bits per heavy atom. The van der Waals surface area contributed by atoms with Gasteiger partial charge in [-0.15, -0.1) is 11.3 Å². The van der Waals surface area contributed by atoms with E-state index in [9.17, 15) is 14.9 Å². The summed E-state index contributed by atoms with van der Waals surface area (Å²) in [6, 6.07) is 8.60. The molecule has 0 amide bonds. The van der Waals surface area contributed by atoms with Crippen LogP contribution in [0.15, 0.2) is 24.3 Å². The summed E-state index contributed by atoms with van der Waals surface area (Å²) in [4.78, 5) is 23.5. The van der Waals surface area contributed by atoms with Crippen LogP contribution < -0.4 is 10.5 Å². The standard InChI is InChI=1S/C17H16N2O4S/c1-3-22-17(21)15-14(13(8-18)16(19)24-15)9-23-12-6-4-11(5-7-12)10(2)20/h4-7H,3,9,19H2,1-2H3. The fourth-order valence-electron chi connectivity index (χ4n) is 2.05. The van der Waals surface area contributed by atoms with E-state index in [-0.39, 0.29) is 34.4 Å². The second-order valence-corrected chi connectivity index (χ2v) is 5.90. The highest BCUT2D eigenvalue weighted by Gasteiger charge is 2.23. The number of nitrogen functional groups attached to an aromatic ring is 1. The summed E-state index contributed by atoms with van der Waals surface area (Å²) >= 11 is 1.01. The number of ether oxygens (including phenoxy) is 2. The van der Waals surface area contributed by atoms with Gasteiger partial charge in [-0.2, -0.15) is 5.26 Å². The minimum absolute atomic E-state index is 0.00413. The number of nitriles is 1. The second kappa shape index (κ2) is 7.62. The molecule has 1 aromatic heterocycles. The van der Waals surface area contributed by atoms with Gasteiger partial charge in [0.1, 0.15) is 28.3 Å². The van der Waals surface area contributed by atoms with Gasteiger partial charge in [0.05, 0.1) is 12.2 Å². The number of benzene rings is 1. The van der Waals surface area contributed by atoms with E-state index in [1.807, 2.05) is 6.07 Å². The van der Waals surface area contributed by atoms with Crippen molar-refractivity contribution in [2.24, 2.45) is 0 Å². The Labute approximate surface area is 143 Å². The van der Waals surface area contributed by atoms with Gasteiger partial charge in [0.15, 0.2) is 5.78 Å². The molecule has 1 heterocycles. The second-order valence-electron chi connectivity index (χ2n) is 4.85. The van der Waals surface area contributed by atoms with Crippen molar-refractivity contribution >= 4 is 28.1 Å². The summed E-state index contributed by atoms with van der Waals surface area (Å²) in [7, 11) is 0. The monoisotopic (exact) mass is 344 g/mol. The zero-order valence-electron chi connectivity index (χ0n) is 13.3. The number of anilines is 1. The molecule has 0 atom stereocenters. The highest BCUT2D eigenvalue weighted by Crippen LogP contribution is 2.32. The molecule has 0 aliphatic carbocycles. The van der Waals surface area contributed by atoms with E-state index in [1.54, 1.807) is 31.2 Å². The number of rotatable bonds is 6. The van der Waals surface area contributed by atoms with Gasteiger partial charge in [-0.25, -0.2) is 4.79 Å². The minimum atomic E-state index is -0.527. The molecule has 0 bridgehead atoms. The molecule has 0 saturated heterocycles. The summed E-state index contributed by atoms with van der Waals surface area (Å²) in [5, 5.41) is 9.51. The van der Waals surface area contributed by atoms with E-state index in [0.29, 0.717) is 16.9 Å². The zero-order chi connectivity index (χ0) is 17.7. The lowest BCUT2D eigenvalue weighted by atomic mass is 10.1. The molecule has 2 N–H and O–H groups in total. The molecule has 24 heavy (non-hydrogen) atoms. The average molecular weight is 344 g/mol. The first-order valence-corrected chi connectivity index (χ1v) is 8.01. The van der Waals surface area contributed by atoms with Crippen molar-refractivity contribution in [3.05, 3.63) is 45.8 Å². The molecular formula is C17H16N2O4S. The maximum absolute atomic E-state index is 12.0. The zero-order valence-corrected chi connectivity index (χ0v) is 14.1. The fraction of sp³-hybridized carbons (Fsp3) is 0.235. The molecule has 0 aliphatic rings. The molecule has 0 fully saturated rings. The Morgan fingerprint density at radius 2 is 1.96 bits per heavy atom. The number of thiophene rings is 1. The van der Waals surface area contributed by atoms with E-state index in [2.05, 4.69) is 0 Å². The van der Waals surface area contributed by atoms with Crippen LogP contribution in [0.3, 0.4) is 0 Å². The van der Waals surface area contributed by atoms with E-state index >= 15 is 0 Å². The summed E-state index contributed by atoms with van der Waals surface area (Å²) in [5.41, 5.74) is 7.02. The number of carbonyl (C=O) groups is 2. The Kier molecular flexibility index (Phi) is 5.55. The summed E-state index contributed by atoms with van der Waals surface area (Å²) in [6.07, 6.45) is 0. The smallest absolute Gasteiger partial charge is 0.348 e. The van der Waals surface area contributed by atoms with E-state index in [0.717, 1.165) is 11.3 Å². The predicted octanol–water partition coefficient (Wildman–Crippen LogP) is 3.16. The Balaban J connectivity index is 2.23. The van der Waals surface area contributed by atoms with Crippen LogP contribution in [0, 0.1) is 11.3 Å². The first kappa shape index (κ1) is 17.5. The van der Waals surface area contributed by atoms with E-state index < -0.39 is 5.97 Å². The molecule has 7 heteroatoms. The van der Waals surface area contributed by atoms with Crippen molar-refractivity contribution in [1.82, 2.24) is 0 Å². The fourth-order valence-corrected chi connectivity index (χ4v) is 2.97. The number of nitrogens with zero attached hydrogens (tertiary/aromatic N) is 1. The molecule has 124 valence electrons. The van der Waals surface area contributed by atoms with Crippen LogP contribution in [0.25, 0.3) is 0 Å². The molecule has 0 aliphatic heterocycles. The lowest BCUT2D eigenvalue weighted by Gasteiger charge is -2.08. The van der Waals surface area contributed by atoms with Crippen LogP contribution in [0.4, 0.5) is 5.00 Å². The maximum Gasteiger partial charge on any atom is 0.348 e. The van der Waals surface area contributed by atoms with Crippen LogP contribution in [0.2, 0.25) is 0 Å². The number of carbonyl (C=O) groups excluding carboxylic acids is 2. The predicted molar refractivity (Wildman–Crippen MR) is 90.2 cm³/mol. The molecule has 2 rings (SSSR count). The van der Waals surface area contributed by atoms with Gasteiger partial charge in [-0.05, 0) is 38.1 Å². The van der Waals surface area contributed by atoms with Gasteiger partial charge in [-0.1, -0.05) is 0 Å². The van der Waals surface area contributed by atoms with E-state index in [1.165, 1.54) is 6.92 Å². The molecule has 2 aromatic rings. The van der Waals surface area contributed by atoms with Crippen molar-refractivity contribution in [3.63, 3.8) is 0 Å². The SMILES string of the molecule is CCOC(=O)c1sc(N)c(C#N)c1COc1ccc(C(C)=O)cc1. The number of hydrogen-bond acceptors (Lipinski definition) is 7. The van der Waals surface area contributed by atoms with Crippen LogP contribution in [0.1, 0.15) is 45.0 Å². The molecule has 0 spiro atoms. The first-order valence-electron chi connectivity index (χ1n) is 7.20. The minimum Gasteiger partial charge on any atom is -0.489 e. The van der Waals surface area contributed by atoms with Crippen LogP contribution >= 0.6 is 11.3 Å².